The van der Waals surface area contributed by atoms with Gasteiger partial charge in [-0.15, -0.1) is 0 Å². The van der Waals surface area contributed by atoms with Gasteiger partial charge < -0.3 is 20.7 Å². The number of rotatable bonds is 9. The second-order valence-electron chi connectivity index (χ2n) is 5.93. The third-order valence-corrected chi connectivity index (χ3v) is 3.92. The molecule has 0 atom stereocenters. The van der Waals surface area contributed by atoms with E-state index < -0.39 is 0 Å². The molecule has 0 spiro atoms. The molecule has 0 saturated heterocycles. The van der Waals surface area contributed by atoms with Gasteiger partial charge in [-0.2, -0.15) is 0 Å². The first-order chi connectivity index (χ1) is 11.7. The molecular weight excluding hydrogens is 304 g/mol. The molecule has 2 rings (SSSR count). The highest BCUT2D eigenvalue weighted by Crippen LogP contribution is 2.18. The second kappa shape index (κ2) is 9.80. The number of methoxy groups -OCH3 is 1. The Bertz CT molecular complexity index is 556. The minimum Gasteiger partial charge on any atom is -0.496 e. The van der Waals surface area contributed by atoms with Crippen LogP contribution in [0.1, 0.15) is 31.2 Å². The van der Waals surface area contributed by atoms with Crippen LogP contribution in [0.4, 0.5) is 0 Å². The average molecular weight is 332 g/mol. The van der Waals surface area contributed by atoms with Crippen LogP contribution >= 0.6 is 0 Å². The van der Waals surface area contributed by atoms with Crippen molar-refractivity contribution < 1.29 is 9.53 Å². The van der Waals surface area contributed by atoms with Crippen molar-refractivity contribution in [3.05, 3.63) is 29.8 Å². The van der Waals surface area contributed by atoms with Crippen molar-refractivity contribution in [1.82, 2.24) is 16.0 Å². The molecule has 1 saturated carbocycles. The fourth-order valence-electron chi connectivity index (χ4n) is 2.43. The highest BCUT2D eigenvalue weighted by Gasteiger charge is 2.22. The number of benzene rings is 1. The standard InChI is InChI=1S/C18H28N4O2/c1-19-18(20-12-5-8-17(23)22-15-9-10-15)21-13-11-14-6-3-4-7-16(14)24-2/h3-4,6-7,15H,5,8-13H2,1-2H3,(H,22,23)(H2,19,20,21). The number of amides is 1. The number of para-hydroxylation sites is 1. The topological polar surface area (TPSA) is 74.8 Å². The van der Waals surface area contributed by atoms with Crippen molar-refractivity contribution in [2.24, 2.45) is 4.99 Å². The van der Waals surface area contributed by atoms with E-state index in [9.17, 15) is 4.79 Å². The van der Waals surface area contributed by atoms with E-state index in [0.717, 1.165) is 50.5 Å². The molecule has 1 aromatic carbocycles. The summed E-state index contributed by atoms with van der Waals surface area (Å²) in [5.74, 6) is 1.81. The molecule has 1 aliphatic rings. The monoisotopic (exact) mass is 332 g/mol. The molecule has 3 N–H and O–H groups in total. The fourth-order valence-corrected chi connectivity index (χ4v) is 2.43. The van der Waals surface area contributed by atoms with E-state index in [4.69, 9.17) is 4.74 Å². The van der Waals surface area contributed by atoms with Crippen molar-refractivity contribution in [3.8, 4) is 5.75 Å². The van der Waals surface area contributed by atoms with Crippen molar-refractivity contribution in [2.75, 3.05) is 27.2 Å². The molecule has 6 heteroatoms. The van der Waals surface area contributed by atoms with E-state index in [1.54, 1.807) is 14.2 Å². The van der Waals surface area contributed by atoms with Gasteiger partial charge in [0.25, 0.3) is 0 Å². The highest BCUT2D eigenvalue weighted by molar-refractivity contribution is 5.80. The molecule has 0 aromatic heterocycles. The van der Waals surface area contributed by atoms with Crippen LogP contribution < -0.4 is 20.7 Å². The minimum atomic E-state index is 0.151. The van der Waals surface area contributed by atoms with E-state index in [1.165, 1.54) is 5.56 Å². The molecule has 1 aliphatic carbocycles. The number of nitrogens with one attached hydrogen (secondary N) is 3. The molecular formula is C18H28N4O2. The molecule has 1 aromatic rings. The van der Waals surface area contributed by atoms with Gasteiger partial charge in [0.1, 0.15) is 5.75 Å². The number of hydrogen-bond acceptors (Lipinski definition) is 3. The maximum atomic E-state index is 11.6. The zero-order valence-electron chi connectivity index (χ0n) is 14.6. The molecule has 0 bridgehead atoms. The van der Waals surface area contributed by atoms with Crippen LogP contribution in [0.3, 0.4) is 0 Å². The Kier molecular flexibility index (Phi) is 7.39. The summed E-state index contributed by atoms with van der Waals surface area (Å²) in [4.78, 5) is 15.8. The van der Waals surface area contributed by atoms with Crippen LogP contribution in [0.2, 0.25) is 0 Å². The minimum absolute atomic E-state index is 0.151. The predicted molar refractivity (Wildman–Crippen MR) is 96.5 cm³/mol. The molecule has 0 heterocycles. The SMILES string of the molecule is CN=C(NCCCC(=O)NC1CC1)NCCc1ccccc1OC. The lowest BCUT2D eigenvalue weighted by Crippen LogP contribution is -2.39. The molecule has 6 nitrogen and oxygen atoms in total. The Morgan fingerprint density at radius 3 is 2.71 bits per heavy atom. The third kappa shape index (κ3) is 6.48. The van der Waals surface area contributed by atoms with Crippen molar-refractivity contribution >= 4 is 11.9 Å². The summed E-state index contributed by atoms with van der Waals surface area (Å²) in [7, 11) is 3.43. The normalized spacial score (nSPS) is 14.2. The van der Waals surface area contributed by atoms with Crippen LogP contribution in [0.15, 0.2) is 29.3 Å². The molecule has 24 heavy (non-hydrogen) atoms. The van der Waals surface area contributed by atoms with Gasteiger partial charge in [0, 0.05) is 32.6 Å². The Balaban J connectivity index is 1.60. The van der Waals surface area contributed by atoms with Crippen LogP contribution in [-0.4, -0.2) is 45.2 Å². The maximum Gasteiger partial charge on any atom is 0.220 e. The molecule has 0 radical (unpaired) electrons. The summed E-state index contributed by atoms with van der Waals surface area (Å²) in [6.45, 7) is 1.49. The van der Waals surface area contributed by atoms with Gasteiger partial charge in [0.05, 0.1) is 7.11 Å². The van der Waals surface area contributed by atoms with Gasteiger partial charge in [0.2, 0.25) is 5.91 Å². The molecule has 1 amide bonds. The van der Waals surface area contributed by atoms with Gasteiger partial charge >= 0.3 is 0 Å². The number of carbonyl (C=O) groups is 1. The second-order valence-corrected chi connectivity index (χ2v) is 5.93. The smallest absolute Gasteiger partial charge is 0.220 e. The first-order valence-corrected chi connectivity index (χ1v) is 8.58. The molecule has 132 valence electrons. The summed E-state index contributed by atoms with van der Waals surface area (Å²) in [6, 6.07) is 8.45. The van der Waals surface area contributed by atoms with E-state index in [0.29, 0.717) is 12.5 Å². The number of aliphatic imine (C=N–C) groups is 1. The average Bonchev–Trinajstić information content (AvgIpc) is 3.41. The van der Waals surface area contributed by atoms with E-state index in [2.05, 4.69) is 27.0 Å². The summed E-state index contributed by atoms with van der Waals surface area (Å²) in [6.07, 6.45) is 4.47. The number of ether oxygens (including phenoxy) is 1. The zero-order valence-corrected chi connectivity index (χ0v) is 14.6. The highest BCUT2D eigenvalue weighted by atomic mass is 16.5. The van der Waals surface area contributed by atoms with Crippen LogP contribution in [0, 0.1) is 0 Å². The van der Waals surface area contributed by atoms with Gasteiger partial charge in [-0.3, -0.25) is 9.79 Å². The summed E-state index contributed by atoms with van der Waals surface area (Å²) in [5.41, 5.74) is 1.17. The first kappa shape index (κ1) is 18.1. The number of carbonyl (C=O) groups excluding carboxylic acids is 1. The Morgan fingerprint density at radius 1 is 1.25 bits per heavy atom. The van der Waals surface area contributed by atoms with Crippen molar-refractivity contribution in [2.45, 2.75) is 38.1 Å². The number of guanidine groups is 1. The fraction of sp³-hybridized carbons (Fsp3) is 0.556. The van der Waals surface area contributed by atoms with Gasteiger partial charge in [0.15, 0.2) is 5.96 Å². The number of nitrogens with zero attached hydrogens (tertiary/aromatic N) is 1. The largest absolute Gasteiger partial charge is 0.496 e. The van der Waals surface area contributed by atoms with Crippen LogP contribution in [0.25, 0.3) is 0 Å². The Hall–Kier alpha value is -2.24. The van der Waals surface area contributed by atoms with Gasteiger partial charge in [-0.25, -0.2) is 0 Å². The van der Waals surface area contributed by atoms with Gasteiger partial charge in [-0.05, 0) is 37.3 Å². The van der Waals surface area contributed by atoms with E-state index >= 15 is 0 Å². The lowest BCUT2D eigenvalue weighted by atomic mass is 10.1. The van der Waals surface area contributed by atoms with E-state index in [1.807, 2.05) is 18.2 Å². The lowest BCUT2D eigenvalue weighted by molar-refractivity contribution is -0.121. The molecule has 0 aliphatic heterocycles. The van der Waals surface area contributed by atoms with Gasteiger partial charge in [-0.1, -0.05) is 18.2 Å². The Labute approximate surface area is 144 Å². The molecule has 1 fully saturated rings. The molecule has 0 unspecified atom stereocenters. The van der Waals surface area contributed by atoms with Crippen molar-refractivity contribution in [1.29, 1.82) is 0 Å². The maximum absolute atomic E-state index is 11.6. The number of hydrogen-bond donors (Lipinski definition) is 3. The van der Waals surface area contributed by atoms with Crippen molar-refractivity contribution in [3.63, 3.8) is 0 Å². The summed E-state index contributed by atoms with van der Waals surface area (Å²) < 4.78 is 5.35. The zero-order chi connectivity index (χ0) is 17.2. The summed E-state index contributed by atoms with van der Waals surface area (Å²) >= 11 is 0. The third-order valence-electron chi connectivity index (χ3n) is 3.92. The lowest BCUT2D eigenvalue weighted by Gasteiger charge is -2.13. The van der Waals surface area contributed by atoms with Crippen LogP contribution in [0.5, 0.6) is 5.75 Å². The van der Waals surface area contributed by atoms with E-state index in [-0.39, 0.29) is 5.91 Å². The Morgan fingerprint density at radius 2 is 2.00 bits per heavy atom. The first-order valence-electron chi connectivity index (χ1n) is 8.58. The van der Waals surface area contributed by atoms with Crippen LogP contribution in [-0.2, 0) is 11.2 Å². The quantitative estimate of drug-likeness (QED) is 0.364. The summed E-state index contributed by atoms with van der Waals surface area (Å²) in [5, 5.41) is 9.51. The predicted octanol–water partition coefficient (Wildman–Crippen LogP) is 1.46.